The number of hydrogen-bond acceptors (Lipinski definition) is 5. The Labute approximate surface area is 172 Å². The number of carbonyl (C=O) groups is 1. The molecule has 29 heavy (non-hydrogen) atoms. The van der Waals surface area contributed by atoms with E-state index in [1.165, 1.54) is 31.1 Å². The van der Waals surface area contributed by atoms with Gasteiger partial charge in [0.25, 0.3) is 0 Å². The molecule has 0 aliphatic carbocycles. The van der Waals surface area contributed by atoms with Gasteiger partial charge in [-0.25, -0.2) is 8.42 Å². The lowest BCUT2D eigenvalue weighted by molar-refractivity contribution is -0.132. The van der Waals surface area contributed by atoms with E-state index in [9.17, 15) is 13.2 Å². The molecule has 3 rings (SSSR count). The summed E-state index contributed by atoms with van der Waals surface area (Å²) >= 11 is 0. The molecule has 0 saturated carbocycles. The third-order valence-electron chi connectivity index (χ3n) is 5.35. The number of pyridine rings is 1. The Kier molecular flexibility index (Phi) is 6.87. The van der Waals surface area contributed by atoms with Crippen molar-refractivity contribution >= 4 is 15.9 Å². The minimum absolute atomic E-state index is 0.0912. The second-order valence-electron chi connectivity index (χ2n) is 7.33. The smallest absolute Gasteiger partial charge is 0.244 e. The summed E-state index contributed by atoms with van der Waals surface area (Å²) < 4.78 is 31.4. The largest absolute Gasteiger partial charge is 0.497 e. The number of hydrogen-bond donors (Lipinski definition) is 0. The minimum Gasteiger partial charge on any atom is -0.497 e. The molecular formula is C21H27N3O4S. The summed E-state index contributed by atoms with van der Waals surface area (Å²) in [7, 11) is -0.636. The van der Waals surface area contributed by atoms with Gasteiger partial charge in [0, 0.05) is 32.5 Å². The van der Waals surface area contributed by atoms with Crippen LogP contribution in [0, 0.1) is 5.92 Å². The van der Waals surface area contributed by atoms with Crippen LogP contribution in [0.1, 0.15) is 18.4 Å². The number of likely N-dealkylation sites (N-methyl/N-ethyl adjacent to an activating group) is 1. The van der Waals surface area contributed by atoms with Gasteiger partial charge in [0.2, 0.25) is 15.9 Å². The van der Waals surface area contributed by atoms with Gasteiger partial charge in [0.15, 0.2) is 0 Å². The summed E-state index contributed by atoms with van der Waals surface area (Å²) in [5.74, 6) is 1.20. The summed E-state index contributed by atoms with van der Waals surface area (Å²) in [5, 5.41) is 0. The number of carbonyl (C=O) groups excluding carboxylic acids is 1. The molecule has 1 amide bonds. The minimum atomic E-state index is -3.72. The molecular weight excluding hydrogens is 390 g/mol. The van der Waals surface area contributed by atoms with Crippen LogP contribution in [-0.2, 0) is 21.2 Å². The highest BCUT2D eigenvalue weighted by Gasteiger charge is 2.28. The molecule has 0 N–H and O–H groups in total. The van der Waals surface area contributed by atoms with Gasteiger partial charge < -0.3 is 9.64 Å². The highest BCUT2D eigenvalue weighted by Crippen LogP contribution is 2.23. The summed E-state index contributed by atoms with van der Waals surface area (Å²) in [6.45, 7) is 1.14. The highest BCUT2D eigenvalue weighted by atomic mass is 32.2. The standard InChI is InChI=1S/C21H27N3O4S/c1-23(29(26,27)20-4-3-11-22-15-20)16-21(25)24-12-9-18(10-13-24)14-17-5-7-19(28-2)8-6-17/h3-8,11,15,18H,9-10,12-14,16H2,1-2H3. The molecule has 8 heteroatoms. The van der Waals surface area contributed by atoms with E-state index < -0.39 is 10.0 Å². The third kappa shape index (κ3) is 5.33. The Bertz CT molecular complexity index is 909. The average molecular weight is 418 g/mol. The fourth-order valence-electron chi connectivity index (χ4n) is 3.54. The highest BCUT2D eigenvalue weighted by molar-refractivity contribution is 7.89. The molecule has 1 saturated heterocycles. The second kappa shape index (κ2) is 9.37. The zero-order valence-corrected chi connectivity index (χ0v) is 17.6. The van der Waals surface area contributed by atoms with Gasteiger partial charge in [-0.05, 0) is 55.0 Å². The van der Waals surface area contributed by atoms with E-state index in [1.54, 1.807) is 18.1 Å². The number of nitrogens with zero attached hydrogens (tertiary/aromatic N) is 3. The van der Waals surface area contributed by atoms with Crippen molar-refractivity contribution in [2.24, 2.45) is 5.92 Å². The van der Waals surface area contributed by atoms with Gasteiger partial charge in [0.05, 0.1) is 13.7 Å². The lowest BCUT2D eigenvalue weighted by atomic mass is 9.90. The molecule has 0 spiro atoms. The first-order valence-electron chi connectivity index (χ1n) is 9.67. The van der Waals surface area contributed by atoms with Gasteiger partial charge >= 0.3 is 0 Å². The van der Waals surface area contributed by atoms with Crippen molar-refractivity contribution in [3.8, 4) is 5.75 Å². The number of sulfonamides is 1. The molecule has 0 unspecified atom stereocenters. The maximum absolute atomic E-state index is 12.6. The number of rotatable bonds is 7. The molecule has 1 aromatic heterocycles. The fourth-order valence-corrected chi connectivity index (χ4v) is 4.62. The molecule has 2 heterocycles. The maximum atomic E-state index is 12.6. The summed E-state index contributed by atoms with van der Waals surface area (Å²) in [4.78, 5) is 18.3. The lowest BCUT2D eigenvalue weighted by Gasteiger charge is -2.33. The van der Waals surface area contributed by atoms with E-state index >= 15 is 0 Å². The third-order valence-corrected chi connectivity index (χ3v) is 7.14. The molecule has 0 atom stereocenters. The number of likely N-dealkylation sites (tertiary alicyclic amines) is 1. The normalized spacial score (nSPS) is 15.5. The van der Waals surface area contributed by atoms with Crippen LogP contribution in [0.4, 0.5) is 0 Å². The van der Waals surface area contributed by atoms with Crippen LogP contribution in [-0.4, -0.2) is 62.3 Å². The van der Waals surface area contributed by atoms with E-state index in [2.05, 4.69) is 17.1 Å². The first-order valence-corrected chi connectivity index (χ1v) is 11.1. The summed E-state index contributed by atoms with van der Waals surface area (Å²) in [5.41, 5.74) is 1.26. The monoisotopic (exact) mass is 417 g/mol. The van der Waals surface area contributed by atoms with Crippen LogP contribution < -0.4 is 4.74 Å². The first-order chi connectivity index (χ1) is 13.9. The van der Waals surface area contributed by atoms with Crippen LogP contribution in [0.25, 0.3) is 0 Å². The Morgan fingerprint density at radius 1 is 1.21 bits per heavy atom. The average Bonchev–Trinajstić information content (AvgIpc) is 2.75. The lowest BCUT2D eigenvalue weighted by Crippen LogP contribution is -2.44. The van der Waals surface area contributed by atoms with Crippen molar-refractivity contribution in [2.75, 3.05) is 33.8 Å². The zero-order valence-electron chi connectivity index (χ0n) is 16.8. The fraction of sp³-hybridized carbons (Fsp3) is 0.429. The van der Waals surface area contributed by atoms with Crippen molar-refractivity contribution < 1.29 is 17.9 Å². The quantitative estimate of drug-likeness (QED) is 0.690. The Morgan fingerprint density at radius 2 is 1.90 bits per heavy atom. The molecule has 0 bridgehead atoms. The van der Waals surface area contributed by atoms with Gasteiger partial charge in [-0.2, -0.15) is 4.31 Å². The van der Waals surface area contributed by atoms with Gasteiger partial charge in [-0.3, -0.25) is 9.78 Å². The van der Waals surface area contributed by atoms with Crippen molar-refractivity contribution in [2.45, 2.75) is 24.2 Å². The van der Waals surface area contributed by atoms with Crippen LogP contribution >= 0.6 is 0 Å². The van der Waals surface area contributed by atoms with Gasteiger partial charge in [-0.15, -0.1) is 0 Å². The molecule has 1 aliphatic rings. The topological polar surface area (TPSA) is 79.8 Å². The van der Waals surface area contributed by atoms with Crippen LogP contribution in [0.5, 0.6) is 5.75 Å². The zero-order chi connectivity index (χ0) is 20.9. The number of amides is 1. The van der Waals surface area contributed by atoms with Crippen molar-refractivity contribution in [3.63, 3.8) is 0 Å². The Hall–Kier alpha value is -2.45. The Balaban J connectivity index is 1.50. The van der Waals surface area contributed by atoms with E-state index in [-0.39, 0.29) is 17.3 Å². The van der Waals surface area contributed by atoms with Crippen LogP contribution in [0.3, 0.4) is 0 Å². The molecule has 1 aromatic carbocycles. The molecule has 1 aliphatic heterocycles. The number of methoxy groups -OCH3 is 1. The van der Waals surface area contributed by atoms with E-state index in [4.69, 9.17) is 4.74 Å². The van der Waals surface area contributed by atoms with Crippen LogP contribution in [0.15, 0.2) is 53.7 Å². The number of piperidine rings is 1. The van der Waals surface area contributed by atoms with Crippen LogP contribution in [0.2, 0.25) is 0 Å². The SMILES string of the molecule is COc1ccc(CC2CCN(C(=O)CN(C)S(=O)(=O)c3cccnc3)CC2)cc1. The molecule has 2 aromatic rings. The molecule has 0 radical (unpaired) electrons. The summed E-state index contributed by atoms with van der Waals surface area (Å²) in [6, 6.07) is 11.1. The van der Waals surface area contributed by atoms with E-state index in [0.717, 1.165) is 29.3 Å². The number of aromatic nitrogens is 1. The van der Waals surface area contributed by atoms with Gasteiger partial charge in [-0.1, -0.05) is 12.1 Å². The molecule has 1 fully saturated rings. The van der Waals surface area contributed by atoms with Gasteiger partial charge in [0.1, 0.15) is 10.6 Å². The first kappa shape index (κ1) is 21.3. The van der Waals surface area contributed by atoms with Crippen molar-refractivity contribution in [1.82, 2.24) is 14.2 Å². The predicted molar refractivity (Wildman–Crippen MR) is 110 cm³/mol. The molecule has 7 nitrogen and oxygen atoms in total. The molecule has 156 valence electrons. The number of ether oxygens (including phenoxy) is 1. The Morgan fingerprint density at radius 3 is 2.48 bits per heavy atom. The number of benzene rings is 1. The summed E-state index contributed by atoms with van der Waals surface area (Å²) in [6.07, 6.45) is 5.61. The van der Waals surface area contributed by atoms with Crippen molar-refractivity contribution in [3.05, 3.63) is 54.4 Å². The van der Waals surface area contributed by atoms with E-state index in [0.29, 0.717) is 19.0 Å². The van der Waals surface area contributed by atoms with E-state index in [1.807, 2.05) is 12.1 Å². The predicted octanol–water partition coefficient (Wildman–Crippen LogP) is 2.19. The van der Waals surface area contributed by atoms with Crippen molar-refractivity contribution in [1.29, 1.82) is 0 Å². The maximum Gasteiger partial charge on any atom is 0.244 e. The second-order valence-corrected chi connectivity index (χ2v) is 9.37.